The summed E-state index contributed by atoms with van der Waals surface area (Å²) in [7, 11) is 0. The van der Waals surface area contributed by atoms with Crippen molar-refractivity contribution >= 4 is 23.2 Å². The van der Waals surface area contributed by atoms with E-state index in [2.05, 4.69) is 17.2 Å². The van der Waals surface area contributed by atoms with Gasteiger partial charge in [0.15, 0.2) is 0 Å². The summed E-state index contributed by atoms with van der Waals surface area (Å²) in [4.78, 5) is 31.6. The molecule has 1 saturated heterocycles. The highest BCUT2D eigenvalue weighted by Gasteiger charge is 2.25. The first-order chi connectivity index (χ1) is 12.2. The molecule has 0 aliphatic carbocycles. The van der Waals surface area contributed by atoms with Crippen LogP contribution in [0.1, 0.15) is 41.7 Å². The third kappa shape index (κ3) is 4.48. The first-order valence-electron chi connectivity index (χ1n) is 8.79. The van der Waals surface area contributed by atoms with Gasteiger partial charge < -0.3 is 14.8 Å². The number of carbonyl (C=O) groups excluding carboxylic acids is 2. The first kappa shape index (κ1) is 17.7. The fourth-order valence-electron chi connectivity index (χ4n) is 3.22. The van der Waals surface area contributed by atoms with E-state index < -0.39 is 0 Å². The molecule has 2 aromatic rings. The molecule has 0 radical (unpaired) electrons. The molecule has 3 rings (SSSR count). The number of likely N-dealkylation sites (tertiary alicyclic amines) is 1. The Kier molecular flexibility index (Phi) is 5.86. The summed E-state index contributed by atoms with van der Waals surface area (Å²) >= 11 is 1.46. The van der Waals surface area contributed by atoms with Crippen LogP contribution >= 0.6 is 11.3 Å². The van der Waals surface area contributed by atoms with Crippen LogP contribution in [0.3, 0.4) is 0 Å². The Hall–Kier alpha value is -2.15. The minimum absolute atomic E-state index is 0.0335. The molecule has 6 nitrogen and oxygen atoms in total. The van der Waals surface area contributed by atoms with Crippen LogP contribution in [-0.2, 0) is 17.8 Å². The van der Waals surface area contributed by atoms with Gasteiger partial charge in [-0.15, -0.1) is 11.3 Å². The summed E-state index contributed by atoms with van der Waals surface area (Å²) < 4.78 is 2.02. The zero-order chi connectivity index (χ0) is 17.6. The fraction of sp³-hybridized carbons (Fsp3) is 0.500. The van der Waals surface area contributed by atoms with Gasteiger partial charge in [-0.3, -0.25) is 9.59 Å². The Bertz CT molecular complexity index is 710. The Labute approximate surface area is 151 Å². The summed E-state index contributed by atoms with van der Waals surface area (Å²) in [6, 6.07) is 3.78. The van der Waals surface area contributed by atoms with E-state index in [-0.39, 0.29) is 17.9 Å². The number of rotatable bonds is 6. The lowest BCUT2D eigenvalue weighted by Gasteiger charge is -2.33. The molecule has 0 spiro atoms. The predicted octanol–water partition coefficient (Wildman–Crippen LogP) is 2.32. The van der Waals surface area contributed by atoms with Gasteiger partial charge in [-0.2, -0.15) is 0 Å². The molecule has 1 aliphatic heterocycles. The highest BCUT2D eigenvalue weighted by atomic mass is 32.1. The van der Waals surface area contributed by atoms with Crippen molar-refractivity contribution in [1.29, 1.82) is 0 Å². The second-order valence-electron chi connectivity index (χ2n) is 6.28. The smallest absolute Gasteiger partial charge is 0.263 e. The zero-order valence-electron chi connectivity index (χ0n) is 14.5. The highest BCUT2D eigenvalue weighted by molar-refractivity contribution is 7.12. The lowest BCUT2D eigenvalue weighted by Crippen LogP contribution is -2.49. The molecule has 134 valence electrons. The summed E-state index contributed by atoms with van der Waals surface area (Å²) in [6.07, 6.45) is 6.81. The van der Waals surface area contributed by atoms with E-state index in [0.29, 0.717) is 19.5 Å². The van der Waals surface area contributed by atoms with Crippen molar-refractivity contribution in [3.63, 3.8) is 0 Å². The Morgan fingerprint density at radius 1 is 1.44 bits per heavy atom. The van der Waals surface area contributed by atoms with Gasteiger partial charge in [-0.1, -0.05) is 13.0 Å². The molecular weight excluding hydrogens is 336 g/mol. The standard InChI is InChI=1S/C18H24N4O2S/c1-2-16-19-8-11-21(16)10-7-17(23)20-14-5-3-9-22(13-14)18(24)15-6-4-12-25-15/h4,6,8,11-12,14H,2-3,5,7,9-10,13H2,1H3,(H,20,23). The first-order valence-corrected chi connectivity index (χ1v) is 9.67. The predicted molar refractivity (Wildman–Crippen MR) is 97.6 cm³/mol. The van der Waals surface area contributed by atoms with Gasteiger partial charge >= 0.3 is 0 Å². The lowest BCUT2D eigenvalue weighted by atomic mass is 10.1. The minimum Gasteiger partial charge on any atom is -0.352 e. The highest BCUT2D eigenvalue weighted by Crippen LogP contribution is 2.17. The van der Waals surface area contributed by atoms with Gasteiger partial charge in [-0.25, -0.2) is 4.98 Å². The van der Waals surface area contributed by atoms with Crippen LogP contribution in [0.25, 0.3) is 0 Å². The van der Waals surface area contributed by atoms with Crippen LogP contribution < -0.4 is 5.32 Å². The summed E-state index contributed by atoms with van der Waals surface area (Å²) in [5, 5.41) is 5.00. The maximum Gasteiger partial charge on any atom is 0.263 e. The van der Waals surface area contributed by atoms with Gasteiger partial charge in [-0.05, 0) is 24.3 Å². The molecule has 0 saturated carbocycles. The zero-order valence-corrected chi connectivity index (χ0v) is 15.3. The van der Waals surface area contributed by atoms with E-state index in [0.717, 1.165) is 36.5 Å². The molecule has 1 fully saturated rings. The molecule has 1 unspecified atom stereocenters. The number of nitrogens with zero attached hydrogens (tertiary/aromatic N) is 3. The van der Waals surface area contributed by atoms with E-state index in [1.165, 1.54) is 11.3 Å². The number of hydrogen-bond acceptors (Lipinski definition) is 4. The molecule has 7 heteroatoms. The average Bonchev–Trinajstić information content (AvgIpc) is 3.31. The molecule has 2 aromatic heterocycles. The van der Waals surface area contributed by atoms with Gasteiger partial charge in [0.1, 0.15) is 5.82 Å². The quantitative estimate of drug-likeness (QED) is 0.860. The van der Waals surface area contributed by atoms with Gasteiger partial charge in [0, 0.05) is 50.9 Å². The van der Waals surface area contributed by atoms with E-state index in [1.807, 2.05) is 33.2 Å². The van der Waals surface area contributed by atoms with E-state index >= 15 is 0 Å². The van der Waals surface area contributed by atoms with Gasteiger partial charge in [0.2, 0.25) is 5.91 Å². The molecule has 1 aliphatic rings. The van der Waals surface area contributed by atoms with Crippen LogP contribution in [0.5, 0.6) is 0 Å². The van der Waals surface area contributed by atoms with Crippen molar-refractivity contribution in [3.05, 3.63) is 40.6 Å². The lowest BCUT2D eigenvalue weighted by molar-refractivity contribution is -0.122. The van der Waals surface area contributed by atoms with E-state index in [4.69, 9.17) is 0 Å². The van der Waals surface area contributed by atoms with Crippen LogP contribution in [0.15, 0.2) is 29.9 Å². The third-order valence-electron chi connectivity index (χ3n) is 4.50. The number of aromatic nitrogens is 2. The third-order valence-corrected chi connectivity index (χ3v) is 5.36. The van der Waals surface area contributed by atoms with Crippen LogP contribution in [0.2, 0.25) is 0 Å². The van der Waals surface area contributed by atoms with Crippen molar-refractivity contribution in [2.75, 3.05) is 13.1 Å². The molecule has 0 aromatic carbocycles. The molecule has 2 amide bonds. The second kappa shape index (κ2) is 8.29. The Morgan fingerprint density at radius 2 is 2.32 bits per heavy atom. The maximum atomic E-state index is 12.5. The Balaban J connectivity index is 1.48. The fourth-order valence-corrected chi connectivity index (χ4v) is 3.91. The molecular formula is C18H24N4O2S. The second-order valence-corrected chi connectivity index (χ2v) is 7.22. The molecule has 25 heavy (non-hydrogen) atoms. The minimum atomic E-state index is 0.0335. The van der Waals surface area contributed by atoms with Crippen LogP contribution in [0, 0.1) is 0 Å². The number of nitrogens with one attached hydrogen (secondary N) is 1. The number of imidazole rings is 1. The van der Waals surface area contributed by atoms with Gasteiger partial charge in [0.05, 0.1) is 4.88 Å². The van der Waals surface area contributed by atoms with Gasteiger partial charge in [0.25, 0.3) is 5.91 Å². The molecule has 0 bridgehead atoms. The number of hydrogen-bond donors (Lipinski definition) is 1. The number of aryl methyl sites for hydroxylation is 2. The van der Waals surface area contributed by atoms with Crippen LogP contribution in [0.4, 0.5) is 0 Å². The van der Waals surface area contributed by atoms with Crippen molar-refractivity contribution in [2.24, 2.45) is 0 Å². The normalized spacial score (nSPS) is 17.5. The summed E-state index contributed by atoms with van der Waals surface area (Å²) in [5.41, 5.74) is 0. The van der Waals surface area contributed by atoms with Crippen LogP contribution in [-0.4, -0.2) is 45.4 Å². The number of piperidine rings is 1. The Morgan fingerprint density at radius 3 is 3.08 bits per heavy atom. The number of amides is 2. The molecule has 1 N–H and O–H groups in total. The summed E-state index contributed by atoms with van der Waals surface area (Å²) in [6.45, 7) is 4.05. The SMILES string of the molecule is CCc1nccn1CCC(=O)NC1CCCN(C(=O)c2cccs2)C1. The van der Waals surface area contributed by atoms with Crippen molar-refractivity contribution in [3.8, 4) is 0 Å². The average molecular weight is 360 g/mol. The van der Waals surface area contributed by atoms with Crippen molar-refractivity contribution in [2.45, 2.75) is 45.2 Å². The van der Waals surface area contributed by atoms with Crippen molar-refractivity contribution < 1.29 is 9.59 Å². The van der Waals surface area contributed by atoms with Crippen molar-refractivity contribution in [1.82, 2.24) is 19.8 Å². The summed E-state index contributed by atoms with van der Waals surface area (Å²) in [5.74, 6) is 1.10. The number of thiophene rings is 1. The van der Waals surface area contributed by atoms with E-state index in [1.54, 1.807) is 6.20 Å². The maximum absolute atomic E-state index is 12.5. The molecule has 3 heterocycles. The topological polar surface area (TPSA) is 67.2 Å². The largest absolute Gasteiger partial charge is 0.352 e. The van der Waals surface area contributed by atoms with E-state index in [9.17, 15) is 9.59 Å². The number of carbonyl (C=O) groups is 2. The monoisotopic (exact) mass is 360 g/mol. The molecule has 1 atom stereocenters.